The van der Waals surface area contributed by atoms with Crippen molar-refractivity contribution in [2.24, 2.45) is 5.92 Å². The smallest absolute Gasteiger partial charge is 0.228 e. The maximum atomic E-state index is 14.5. The molecule has 7 nitrogen and oxygen atoms in total. The molecule has 2 aliphatic heterocycles. The first-order chi connectivity index (χ1) is 19.2. The van der Waals surface area contributed by atoms with Crippen LogP contribution in [0.4, 0.5) is 5.69 Å². The number of benzene rings is 3. The van der Waals surface area contributed by atoms with E-state index in [1.165, 1.54) is 5.56 Å². The summed E-state index contributed by atoms with van der Waals surface area (Å²) in [6.07, 6.45) is 0.743. The Bertz CT molecular complexity index is 1420. The number of methoxy groups -OCH3 is 3. The van der Waals surface area contributed by atoms with Crippen molar-refractivity contribution in [1.82, 2.24) is 4.90 Å². The number of ether oxygens (including phenoxy) is 3. The largest absolute Gasteiger partial charge is 0.497 e. The molecular weight excluding hydrogens is 572 g/mol. The number of carbonyl (C=O) groups excluding carboxylic acids is 2. The number of amides is 2. The number of nitrogens with zero attached hydrogens (tertiary/aromatic N) is 2. The Balaban J connectivity index is 1.59. The highest BCUT2D eigenvalue weighted by atomic mass is 79.9. The van der Waals surface area contributed by atoms with Crippen LogP contribution in [0, 0.1) is 5.92 Å². The minimum absolute atomic E-state index is 0.0268. The van der Waals surface area contributed by atoms with Gasteiger partial charge >= 0.3 is 0 Å². The molecule has 0 bridgehead atoms. The summed E-state index contributed by atoms with van der Waals surface area (Å²) >= 11 is 3.72. The van der Waals surface area contributed by atoms with Gasteiger partial charge in [-0.05, 0) is 65.6 Å². The second-order valence-corrected chi connectivity index (χ2v) is 11.9. The molecule has 8 heteroatoms. The lowest BCUT2D eigenvalue weighted by Gasteiger charge is -2.45. The molecule has 3 aromatic carbocycles. The van der Waals surface area contributed by atoms with Crippen LogP contribution >= 0.6 is 15.9 Å². The van der Waals surface area contributed by atoms with Crippen LogP contribution in [-0.2, 0) is 21.5 Å². The quantitative estimate of drug-likeness (QED) is 0.330. The molecule has 1 saturated heterocycles. The summed E-state index contributed by atoms with van der Waals surface area (Å²) < 4.78 is 17.4. The third-order valence-corrected chi connectivity index (χ3v) is 8.85. The van der Waals surface area contributed by atoms with E-state index in [2.05, 4.69) is 41.9 Å². The first-order valence-electron chi connectivity index (χ1n) is 13.4. The molecule has 2 unspecified atom stereocenters. The minimum atomic E-state index is -0.523. The molecule has 0 saturated carbocycles. The number of rotatable bonds is 6. The highest BCUT2D eigenvalue weighted by Crippen LogP contribution is 2.45. The van der Waals surface area contributed by atoms with Crippen molar-refractivity contribution < 1.29 is 23.8 Å². The molecule has 3 aromatic rings. The first-order valence-corrected chi connectivity index (χ1v) is 14.2. The molecule has 0 spiro atoms. The standard InChI is InChI=1S/C32H35BrN2O5/c1-32(2)19-34(18-24-25(32)7-6-8-26(24)33)31(37)23-14-16-29(36)35(21-10-12-22(38-3)13-11-21)30(23)20-9-15-27(39-4)28(17-20)40-5/h6-13,15,17,23,30H,14,16,18-19H2,1-5H3. The van der Waals surface area contributed by atoms with E-state index in [0.29, 0.717) is 36.8 Å². The van der Waals surface area contributed by atoms with Crippen molar-refractivity contribution >= 4 is 33.4 Å². The van der Waals surface area contributed by atoms with Crippen molar-refractivity contribution in [1.29, 1.82) is 0 Å². The van der Waals surface area contributed by atoms with E-state index in [4.69, 9.17) is 14.2 Å². The summed E-state index contributed by atoms with van der Waals surface area (Å²) in [6.45, 7) is 5.47. The van der Waals surface area contributed by atoms with Gasteiger partial charge in [0, 0.05) is 35.1 Å². The molecule has 0 aromatic heterocycles. The fourth-order valence-electron chi connectivity index (χ4n) is 6.17. The Kier molecular flexibility index (Phi) is 7.82. The summed E-state index contributed by atoms with van der Waals surface area (Å²) in [6, 6.07) is 18.8. The Labute approximate surface area is 244 Å². The molecule has 0 N–H and O–H groups in total. The fourth-order valence-corrected chi connectivity index (χ4v) is 6.66. The van der Waals surface area contributed by atoms with Gasteiger partial charge in [0.25, 0.3) is 0 Å². The van der Waals surface area contributed by atoms with Gasteiger partial charge in [0.2, 0.25) is 11.8 Å². The van der Waals surface area contributed by atoms with Crippen molar-refractivity contribution in [3.05, 3.63) is 81.8 Å². The monoisotopic (exact) mass is 606 g/mol. The molecular formula is C32H35BrN2O5. The van der Waals surface area contributed by atoms with Crippen LogP contribution in [0.15, 0.2) is 65.1 Å². The van der Waals surface area contributed by atoms with Crippen molar-refractivity contribution in [2.45, 2.75) is 44.7 Å². The van der Waals surface area contributed by atoms with Crippen molar-refractivity contribution in [3.8, 4) is 17.2 Å². The molecule has 0 aliphatic carbocycles. The summed E-state index contributed by atoms with van der Waals surface area (Å²) in [5.74, 6) is 1.41. The average molecular weight is 608 g/mol. The molecule has 0 radical (unpaired) electrons. The van der Waals surface area contributed by atoms with Crippen LogP contribution in [-0.4, -0.2) is 44.6 Å². The fraction of sp³-hybridized carbons (Fsp3) is 0.375. The second-order valence-electron chi connectivity index (χ2n) is 11.0. The van der Waals surface area contributed by atoms with E-state index in [-0.39, 0.29) is 23.7 Å². The molecule has 1 fully saturated rings. The summed E-state index contributed by atoms with van der Waals surface area (Å²) in [5, 5.41) is 0. The maximum absolute atomic E-state index is 14.5. The molecule has 2 atom stereocenters. The van der Waals surface area contributed by atoms with Gasteiger partial charge in [-0.1, -0.05) is 48.0 Å². The summed E-state index contributed by atoms with van der Waals surface area (Å²) in [4.78, 5) is 31.8. The van der Waals surface area contributed by atoms with E-state index in [0.717, 1.165) is 21.3 Å². The average Bonchev–Trinajstić information content (AvgIpc) is 2.96. The summed E-state index contributed by atoms with van der Waals surface area (Å²) in [5.41, 5.74) is 3.70. The number of anilines is 1. The number of piperidine rings is 1. The SMILES string of the molecule is COc1ccc(N2C(=O)CCC(C(=O)N3Cc4c(Br)cccc4C(C)(C)C3)C2c2ccc(OC)c(OC)c2)cc1. The number of halogens is 1. The predicted molar refractivity (Wildman–Crippen MR) is 158 cm³/mol. The normalized spacial score (nSPS) is 20.1. The van der Waals surface area contributed by atoms with Crippen LogP contribution in [0.1, 0.15) is 49.4 Å². The van der Waals surface area contributed by atoms with Gasteiger partial charge < -0.3 is 24.0 Å². The third-order valence-electron chi connectivity index (χ3n) is 8.11. The van der Waals surface area contributed by atoms with Gasteiger partial charge in [-0.25, -0.2) is 0 Å². The zero-order valence-corrected chi connectivity index (χ0v) is 25.2. The van der Waals surface area contributed by atoms with Gasteiger partial charge in [0.05, 0.1) is 33.3 Å². The van der Waals surface area contributed by atoms with Crippen LogP contribution in [0.25, 0.3) is 0 Å². The number of hydrogen-bond acceptors (Lipinski definition) is 5. The molecule has 40 heavy (non-hydrogen) atoms. The van der Waals surface area contributed by atoms with Gasteiger partial charge in [0.1, 0.15) is 5.75 Å². The van der Waals surface area contributed by atoms with E-state index in [1.54, 1.807) is 26.2 Å². The van der Waals surface area contributed by atoms with E-state index in [9.17, 15) is 9.59 Å². The Hall–Kier alpha value is -3.52. The number of carbonyl (C=O) groups is 2. The molecule has 210 valence electrons. The van der Waals surface area contributed by atoms with E-state index >= 15 is 0 Å². The van der Waals surface area contributed by atoms with Crippen LogP contribution in [0.2, 0.25) is 0 Å². The first kappa shape index (κ1) is 28.0. The highest BCUT2D eigenvalue weighted by Gasteiger charge is 2.45. The lowest BCUT2D eigenvalue weighted by molar-refractivity contribution is -0.140. The van der Waals surface area contributed by atoms with Crippen LogP contribution in [0.3, 0.4) is 0 Å². The predicted octanol–water partition coefficient (Wildman–Crippen LogP) is 6.28. The van der Waals surface area contributed by atoms with Crippen LogP contribution < -0.4 is 19.1 Å². The third kappa shape index (κ3) is 5.05. The molecule has 2 aliphatic rings. The van der Waals surface area contributed by atoms with Crippen molar-refractivity contribution in [3.63, 3.8) is 0 Å². The van der Waals surface area contributed by atoms with Gasteiger partial charge in [-0.2, -0.15) is 0 Å². The molecule has 2 amide bonds. The molecule has 2 heterocycles. The lowest BCUT2D eigenvalue weighted by atomic mass is 9.77. The molecule has 5 rings (SSSR count). The van der Waals surface area contributed by atoms with Crippen LogP contribution in [0.5, 0.6) is 17.2 Å². The van der Waals surface area contributed by atoms with Crippen molar-refractivity contribution in [2.75, 3.05) is 32.8 Å². The zero-order valence-electron chi connectivity index (χ0n) is 23.6. The van der Waals surface area contributed by atoms with Gasteiger partial charge in [-0.15, -0.1) is 0 Å². The second kappa shape index (κ2) is 11.2. The maximum Gasteiger partial charge on any atom is 0.228 e. The summed E-state index contributed by atoms with van der Waals surface area (Å²) in [7, 11) is 4.78. The van der Waals surface area contributed by atoms with E-state index in [1.807, 2.05) is 53.4 Å². The highest BCUT2D eigenvalue weighted by molar-refractivity contribution is 9.10. The number of fused-ring (bicyclic) bond motifs is 1. The topological polar surface area (TPSA) is 68.3 Å². The van der Waals surface area contributed by atoms with E-state index < -0.39 is 12.0 Å². The Morgan fingerprint density at radius 2 is 1.68 bits per heavy atom. The number of hydrogen-bond donors (Lipinski definition) is 0. The van der Waals surface area contributed by atoms with Gasteiger partial charge in [0.15, 0.2) is 11.5 Å². The van der Waals surface area contributed by atoms with Gasteiger partial charge in [-0.3, -0.25) is 9.59 Å². The minimum Gasteiger partial charge on any atom is -0.497 e. The zero-order chi connectivity index (χ0) is 28.6. The Morgan fingerprint density at radius 3 is 2.35 bits per heavy atom. The lowest BCUT2D eigenvalue weighted by Crippen LogP contribution is -2.52. The Morgan fingerprint density at radius 1 is 0.950 bits per heavy atom.